The summed E-state index contributed by atoms with van der Waals surface area (Å²) >= 11 is 0.751. The molecule has 2 heterocycles. The lowest BCUT2D eigenvalue weighted by Crippen LogP contribution is -2.46. The zero-order valence-electron chi connectivity index (χ0n) is 13.8. The van der Waals surface area contributed by atoms with E-state index >= 15 is 0 Å². The summed E-state index contributed by atoms with van der Waals surface area (Å²) in [4.78, 5) is 24.9. The number of nitro benzene ring substituents is 1. The van der Waals surface area contributed by atoms with E-state index in [0.717, 1.165) is 17.4 Å². The molecule has 1 aliphatic rings. The SMILES string of the molecule is NS(=O)(=O)c1cc([N+](=O)[O-])c(N2CCN(c3ccccc3[N+](=O)[O-])CC2)s1. The maximum Gasteiger partial charge on any atom is 0.305 e. The number of nitro groups is 2. The first-order valence-corrected chi connectivity index (χ1v) is 10.1. The molecule has 0 atom stereocenters. The van der Waals surface area contributed by atoms with Crippen LogP contribution in [0.3, 0.4) is 0 Å². The third-order valence-corrected chi connectivity index (χ3v) is 6.74. The van der Waals surface area contributed by atoms with E-state index in [1.807, 2.05) is 4.90 Å². The van der Waals surface area contributed by atoms with Crippen LogP contribution < -0.4 is 14.9 Å². The highest BCUT2D eigenvalue weighted by Crippen LogP contribution is 2.40. The van der Waals surface area contributed by atoms with E-state index in [1.165, 1.54) is 6.07 Å². The summed E-state index contributed by atoms with van der Waals surface area (Å²) in [5.41, 5.74) is 0.154. The minimum Gasteiger partial charge on any atom is -0.362 e. The van der Waals surface area contributed by atoms with Gasteiger partial charge >= 0.3 is 5.69 Å². The van der Waals surface area contributed by atoms with Crippen LogP contribution in [0.5, 0.6) is 0 Å². The second kappa shape index (κ2) is 7.09. The van der Waals surface area contributed by atoms with Crippen molar-refractivity contribution in [3.05, 3.63) is 50.6 Å². The summed E-state index contributed by atoms with van der Waals surface area (Å²) in [6.45, 7) is 1.48. The van der Waals surface area contributed by atoms with E-state index in [0.29, 0.717) is 31.9 Å². The molecule has 13 heteroatoms. The van der Waals surface area contributed by atoms with Crippen molar-refractivity contribution in [2.45, 2.75) is 4.21 Å². The Morgan fingerprint density at radius 1 is 0.963 bits per heavy atom. The van der Waals surface area contributed by atoms with Crippen LogP contribution in [0.1, 0.15) is 0 Å². The Morgan fingerprint density at radius 3 is 2.07 bits per heavy atom. The normalized spacial score (nSPS) is 15.0. The first-order chi connectivity index (χ1) is 12.7. The highest BCUT2D eigenvalue weighted by Gasteiger charge is 2.31. The van der Waals surface area contributed by atoms with Gasteiger partial charge in [-0.3, -0.25) is 20.2 Å². The maximum atomic E-state index is 11.5. The van der Waals surface area contributed by atoms with Gasteiger partial charge < -0.3 is 9.80 Å². The zero-order chi connectivity index (χ0) is 19.8. The molecule has 1 aromatic heterocycles. The lowest BCUT2D eigenvalue weighted by molar-refractivity contribution is -0.384. The van der Waals surface area contributed by atoms with Crippen LogP contribution in [0.15, 0.2) is 34.5 Å². The van der Waals surface area contributed by atoms with Crippen LogP contribution in [-0.2, 0) is 10.0 Å². The summed E-state index contributed by atoms with van der Waals surface area (Å²) in [5, 5.41) is 27.8. The first-order valence-electron chi connectivity index (χ1n) is 7.73. The van der Waals surface area contributed by atoms with Crippen molar-refractivity contribution in [2.75, 3.05) is 36.0 Å². The number of benzene rings is 1. The monoisotopic (exact) mass is 413 g/mol. The second-order valence-electron chi connectivity index (χ2n) is 5.78. The van der Waals surface area contributed by atoms with E-state index in [4.69, 9.17) is 5.14 Å². The molecule has 0 spiro atoms. The van der Waals surface area contributed by atoms with Gasteiger partial charge in [-0.15, -0.1) is 0 Å². The van der Waals surface area contributed by atoms with Crippen molar-refractivity contribution in [3.63, 3.8) is 0 Å². The fraction of sp³-hybridized carbons (Fsp3) is 0.286. The lowest BCUT2D eigenvalue weighted by Gasteiger charge is -2.35. The van der Waals surface area contributed by atoms with Crippen molar-refractivity contribution in [1.29, 1.82) is 0 Å². The van der Waals surface area contributed by atoms with Crippen molar-refractivity contribution in [1.82, 2.24) is 0 Å². The molecule has 0 radical (unpaired) electrons. The average Bonchev–Trinajstić information content (AvgIpc) is 3.08. The van der Waals surface area contributed by atoms with Gasteiger partial charge in [0, 0.05) is 38.3 Å². The van der Waals surface area contributed by atoms with E-state index in [2.05, 4.69) is 0 Å². The molecule has 0 bridgehead atoms. The molecule has 0 aliphatic carbocycles. The Morgan fingerprint density at radius 2 is 1.52 bits per heavy atom. The number of rotatable bonds is 5. The fourth-order valence-corrected chi connectivity index (χ4v) is 4.77. The third-order valence-electron chi connectivity index (χ3n) is 4.13. The third kappa shape index (κ3) is 3.84. The highest BCUT2D eigenvalue weighted by atomic mass is 32.2. The minimum absolute atomic E-state index is 0.00966. The van der Waals surface area contributed by atoms with Crippen LogP contribution in [-0.4, -0.2) is 44.4 Å². The number of piperazine rings is 1. The number of para-hydroxylation sites is 2. The van der Waals surface area contributed by atoms with Gasteiger partial charge in [-0.25, -0.2) is 13.6 Å². The molecule has 144 valence electrons. The van der Waals surface area contributed by atoms with E-state index < -0.39 is 19.9 Å². The Hall–Kier alpha value is -2.77. The van der Waals surface area contributed by atoms with E-state index in [-0.39, 0.29) is 20.6 Å². The molecule has 2 N–H and O–H groups in total. The predicted molar refractivity (Wildman–Crippen MR) is 99.9 cm³/mol. The van der Waals surface area contributed by atoms with Gasteiger partial charge in [0.15, 0.2) is 5.00 Å². The Balaban J connectivity index is 1.84. The molecule has 2 aromatic rings. The molecular formula is C14H15N5O6S2. The van der Waals surface area contributed by atoms with Crippen LogP contribution >= 0.6 is 11.3 Å². The summed E-state index contributed by atoms with van der Waals surface area (Å²) in [6, 6.07) is 7.33. The fourth-order valence-electron chi connectivity index (χ4n) is 2.88. The number of anilines is 2. The van der Waals surface area contributed by atoms with Gasteiger partial charge in [-0.2, -0.15) is 0 Å². The molecule has 3 rings (SSSR count). The molecule has 1 aliphatic heterocycles. The maximum absolute atomic E-state index is 11.5. The Bertz CT molecular complexity index is 997. The standard InChI is InChI=1S/C14H15N5O6S2/c15-27(24,25)13-9-12(19(22)23)14(26-13)17-7-5-16(6-8-17)10-3-1-2-4-11(10)18(20)21/h1-4,9H,5-8H2,(H2,15,24,25). The van der Waals surface area contributed by atoms with Crippen LogP contribution in [0.25, 0.3) is 0 Å². The average molecular weight is 413 g/mol. The van der Waals surface area contributed by atoms with E-state index in [9.17, 15) is 28.6 Å². The molecule has 0 amide bonds. The van der Waals surface area contributed by atoms with Crippen LogP contribution in [0, 0.1) is 20.2 Å². The van der Waals surface area contributed by atoms with Gasteiger partial charge in [0.1, 0.15) is 9.90 Å². The number of thiophene rings is 1. The molecule has 1 saturated heterocycles. The van der Waals surface area contributed by atoms with Crippen molar-refractivity contribution in [2.24, 2.45) is 5.14 Å². The molecule has 27 heavy (non-hydrogen) atoms. The molecule has 1 fully saturated rings. The van der Waals surface area contributed by atoms with Crippen molar-refractivity contribution >= 4 is 43.4 Å². The van der Waals surface area contributed by atoms with Gasteiger partial charge in [0.25, 0.3) is 5.69 Å². The number of sulfonamides is 1. The smallest absolute Gasteiger partial charge is 0.305 e. The van der Waals surface area contributed by atoms with E-state index in [1.54, 1.807) is 23.1 Å². The van der Waals surface area contributed by atoms with Crippen molar-refractivity contribution in [3.8, 4) is 0 Å². The van der Waals surface area contributed by atoms with Gasteiger partial charge in [-0.05, 0) is 6.07 Å². The highest BCUT2D eigenvalue weighted by molar-refractivity contribution is 7.91. The summed E-state index contributed by atoms with van der Waals surface area (Å²) in [5.74, 6) is 0. The van der Waals surface area contributed by atoms with Gasteiger partial charge in [-0.1, -0.05) is 23.5 Å². The minimum atomic E-state index is -4.04. The molecule has 11 nitrogen and oxygen atoms in total. The number of hydrogen-bond donors (Lipinski definition) is 1. The predicted octanol–water partition coefficient (Wildman–Crippen LogP) is 1.54. The first kappa shape index (κ1) is 19.0. The molecular weight excluding hydrogens is 398 g/mol. The summed E-state index contributed by atoms with van der Waals surface area (Å²) < 4.78 is 22.8. The molecule has 0 saturated carbocycles. The topological polar surface area (TPSA) is 153 Å². The quantitative estimate of drug-likeness (QED) is 0.572. The van der Waals surface area contributed by atoms with Gasteiger partial charge in [0.2, 0.25) is 10.0 Å². The second-order valence-corrected chi connectivity index (χ2v) is 8.60. The Kier molecular flexibility index (Phi) is 4.99. The number of hydrogen-bond acceptors (Lipinski definition) is 9. The van der Waals surface area contributed by atoms with Crippen molar-refractivity contribution < 1.29 is 18.3 Å². The number of nitrogens with zero attached hydrogens (tertiary/aromatic N) is 4. The van der Waals surface area contributed by atoms with Crippen LogP contribution in [0.4, 0.5) is 22.1 Å². The Labute approximate surface area is 158 Å². The molecule has 1 aromatic carbocycles. The van der Waals surface area contributed by atoms with Gasteiger partial charge in [0.05, 0.1) is 9.85 Å². The zero-order valence-corrected chi connectivity index (χ0v) is 15.5. The van der Waals surface area contributed by atoms with Crippen LogP contribution in [0.2, 0.25) is 0 Å². The number of primary sulfonamides is 1. The lowest BCUT2D eigenvalue weighted by atomic mass is 10.2. The number of nitrogens with two attached hydrogens (primary N) is 1. The molecule has 0 unspecified atom stereocenters. The summed E-state index contributed by atoms with van der Waals surface area (Å²) in [7, 11) is -4.04. The summed E-state index contributed by atoms with van der Waals surface area (Å²) in [6.07, 6.45) is 0. The largest absolute Gasteiger partial charge is 0.362 e.